The molecule has 2 amide bonds. The van der Waals surface area contributed by atoms with Crippen LogP contribution >= 0.6 is 0 Å². The third-order valence-corrected chi connectivity index (χ3v) is 4.19. The number of nitrogens with zero attached hydrogens (tertiary/aromatic N) is 1. The van der Waals surface area contributed by atoms with Crippen LogP contribution in [0.5, 0.6) is 0 Å². The van der Waals surface area contributed by atoms with E-state index in [0.717, 1.165) is 24.8 Å². The quantitative estimate of drug-likeness (QED) is 0.831. The number of benzene rings is 1. The zero-order chi connectivity index (χ0) is 15.9. The highest BCUT2D eigenvalue weighted by Gasteiger charge is 2.30. The summed E-state index contributed by atoms with van der Waals surface area (Å²) in [5, 5.41) is 11.9. The lowest BCUT2D eigenvalue weighted by atomic mass is 9.99. The van der Waals surface area contributed by atoms with Gasteiger partial charge >= 0.3 is 11.8 Å². The average Bonchev–Trinajstić information content (AvgIpc) is 2.55. The van der Waals surface area contributed by atoms with E-state index in [4.69, 9.17) is 5.11 Å². The third kappa shape index (κ3) is 4.07. The molecule has 0 bridgehead atoms. The smallest absolute Gasteiger partial charge is 0.312 e. The van der Waals surface area contributed by atoms with Crippen LogP contribution in [-0.2, 0) is 9.59 Å². The first-order valence-electron chi connectivity index (χ1n) is 7.90. The SMILES string of the molecule is CC(NC(=O)C(=O)N1CCCCC1CCO)c1ccccc1. The van der Waals surface area contributed by atoms with Gasteiger partial charge in [-0.1, -0.05) is 30.3 Å². The Bertz CT molecular complexity index is 502. The molecular formula is C17H24N2O3. The minimum Gasteiger partial charge on any atom is -0.396 e. The van der Waals surface area contributed by atoms with E-state index >= 15 is 0 Å². The molecule has 120 valence electrons. The Labute approximate surface area is 131 Å². The second-order valence-electron chi connectivity index (χ2n) is 5.77. The number of amides is 2. The second kappa shape index (κ2) is 7.94. The molecule has 2 N–H and O–H groups in total. The van der Waals surface area contributed by atoms with Gasteiger partial charge in [0.25, 0.3) is 0 Å². The summed E-state index contributed by atoms with van der Waals surface area (Å²) in [5.74, 6) is -1.05. The van der Waals surface area contributed by atoms with Crippen molar-refractivity contribution in [1.29, 1.82) is 0 Å². The van der Waals surface area contributed by atoms with E-state index in [1.165, 1.54) is 0 Å². The van der Waals surface area contributed by atoms with Crippen molar-refractivity contribution in [3.05, 3.63) is 35.9 Å². The van der Waals surface area contributed by atoms with Gasteiger partial charge in [0.2, 0.25) is 0 Å². The van der Waals surface area contributed by atoms with Crippen molar-refractivity contribution in [1.82, 2.24) is 10.2 Å². The Morgan fingerprint density at radius 2 is 2.05 bits per heavy atom. The highest BCUT2D eigenvalue weighted by atomic mass is 16.3. The first-order valence-corrected chi connectivity index (χ1v) is 7.90. The summed E-state index contributed by atoms with van der Waals surface area (Å²) in [6.45, 7) is 2.50. The molecule has 1 aliphatic rings. The van der Waals surface area contributed by atoms with Gasteiger partial charge in [-0.05, 0) is 38.2 Å². The van der Waals surface area contributed by atoms with Gasteiger partial charge in [-0.25, -0.2) is 0 Å². The molecular weight excluding hydrogens is 280 g/mol. The number of carbonyl (C=O) groups is 2. The Balaban J connectivity index is 1.97. The van der Waals surface area contributed by atoms with Crippen molar-refractivity contribution in [2.75, 3.05) is 13.2 Å². The molecule has 0 aliphatic carbocycles. The molecule has 1 saturated heterocycles. The highest BCUT2D eigenvalue weighted by Crippen LogP contribution is 2.20. The number of nitrogens with one attached hydrogen (secondary N) is 1. The highest BCUT2D eigenvalue weighted by molar-refractivity contribution is 6.35. The van der Waals surface area contributed by atoms with Crippen molar-refractivity contribution >= 4 is 11.8 Å². The van der Waals surface area contributed by atoms with Crippen LogP contribution in [0.1, 0.15) is 44.2 Å². The number of rotatable bonds is 4. The van der Waals surface area contributed by atoms with Crippen LogP contribution in [0.2, 0.25) is 0 Å². The van der Waals surface area contributed by atoms with Gasteiger partial charge in [0.05, 0.1) is 6.04 Å². The Morgan fingerprint density at radius 1 is 1.32 bits per heavy atom. The normalized spacial score (nSPS) is 19.5. The molecule has 1 fully saturated rings. The van der Waals surface area contributed by atoms with Gasteiger partial charge < -0.3 is 15.3 Å². The molecule has 1 aromatic rings. The van der Waals surface area contributed by atoms with Gasteiger partial charge in [-0.15, -0.1) is 0 Å². The van der Waals surface area contributed by atoms with Crippen LogP contribution < -0.4 is 5.32 Å². The number of hydrogen-bond donors (Lipinski definition) is 2. The number of carbonyl (C=O) groups excluding carboxylic acids is 2. The van der Waals surface area contributed by atoms with Gasteiger partial charge in [0, 0.05) is 19.2 Å². The summed E-state index contributed by atoms with van der Waals surface area (Å²) in [7, 11) is 0. The van der Waals surface area contributed by atoms with Gasteiger partial charge in [0.1, 0.15) is 0 Å². The Morgan fingerprint density at radius 3 is 2.73 bits per heavy atom. The van der Waals surface area contributed by atoms with Gasteiger partial charge in [-0.3, -0.25) is 9.59 Å². The fourth-order valence-corrected chi connectivity index (χ4v) is 2.93. The predicted molar refractivity (Wildman–Crippen MR) is 84.1 cm³/mol. The molecule has 5 nitrogen and oxygen atoms in total. The van der Waals surface area contributed by atoms with E-state index in [-0.39, 0.29) is 18.7 Å². The first kappa shape index (κ1) is 16.5. The summed E-state index contributed by atoms with van der Waals surface area (Å²) in [6, 6.07) is 9.33. The topological polar surface area (TPSA) is 69.6 Å². The van der Waals surface area contributed by atoms with E-state index in [1.54, 1.807) is 4.90 Å². The van der Waals surface area contributed by atoms with E-state index in [0.29, 0.717) is 13.0 Å². The largest absolute Gasteiger partial charge is 0.396 e. The number of likely N-dealkylation sites (tertiary alicyclic amines) is 1. The summed E-state index contributed by atoms with van der Waals surface area (Å²) in [5.41, 5.74) is 0.967. The Kier molecular flexibility index (Phi) is 5.95. The van der Waals surface area contributed by atoms with Crippen molar-refractivity contribution in [2.45, 2.75) is 44.7 Å². The zero-order valence-corrected chi connectivity index (χ0v) is 13.0. The minimum atomic E-state index is -0.568. The second-order valence-corrected chi connectivity index (χ2v) is 5.77. The number of aliphatic hydroxyl groups is 1. The molecule has 1 aliphatic heterocycles. The van der Waals surface area contributed by atoms with Crippen molar-refractivity contribution in [2.24, 2.45) is 0 Å². The fraction of sp³-hybridized carbons (Fsp3) is 0.529. The summed E-state index contributed by atoms with van der Waals surface area (Å²) in [4.78, 5) is 26.2. The maximum atomic E-state index is 12.4. The van der Waals surface area contributed by atoms with E-state index in [2.05, 4.69) is 5.32 Å². The van der Waals surface area contributed by atoms with E-state index < -0.39 is 11.8 Å². The minimum absolute atomic E-state index is 0.0240. The van der Waals surface area contributed by atoms with Gasteiger partial charge in [-0.2, -0.15) is 0 Å². The van der Waals surface area contributed by atoms with Crippen molar-refractivity contribution in [3.8, 4) is 0 Å². The van der Waals surface area contributed by atoms with E-state index in [9.17, 15) is 9.59 Å². The van der Waals surface area contributed by atoms with Gasteiger partial charge in [0.15, 0.2) is 0 Å². The zero-order valence-electron chi connectivity index (χ0n) is 13.0. The molecule has 0 saturated carbocycles. The van der Waals surface area contributed by atoms with E-state index in [1.807, 2.05) is 37.3 Å². The number of hydrogen-bond acceptors (Lipinski definition) is 3. The molecule has 0 radical (unpaired) electrons. The predicted octanol–water partition coefficient (Wildman–Crippen LogP) is 1.63. The molecule has 0 aromatic heterocycles. The van der Waals surface area contributed by atoms with Crippen LogP contribution in [0.15, 0.2) is 30.3 Å². The average molecular weight is 304 g/mol. The molecule has 2 atom stereocenters. The lowest BCUT2D eigenvalue weighted by molar-refractivity contribution is -0.148. The lowest BCUT2D eigenvalue weighted by Gasteiger charge is -2.35. The molecule has 1 heterocycles. The maximum absolute atomic E-state index is 12.4. The molecule has 0 spiro atoms. The molecule has 1 aromatic carbocycles. The van der Waals surface area contributed by atoms with Crippen LogP contribution in [0, 0.1) is 0 Å². The maximum Gasteiger partial charge on any atom is 0.312 e. The van der Waals surface area contributed by atoms with Crippen LogP contribution in [0.4, 0.5) is 0 Å². The molecule has 5 heteroatoms. The molecule has 2 rings (SSSR count). The molecule has 22 heavy (non-hydrogen) atoms. The van der Waals surface area contributed by atoms with Crippen LogP contribution in [0.25, 0.3) is 0 Å². The number of piperidine rings is 1. The monoisotopic (exact) mass is 304 g/mol. The van der Waals surface area contributed by atoms with Crippen molar-refractivity contribution in [3.63, 3.8) is 0 Å². The Hall–Kier alpha value is -1.88. The van der Waals surface area contributed by atoms with Crippen LogP contribution in [0.3, 0.4) is 0 Å². The number of aliphatic hydroxyl groups excluding tert-OH is 1. The standard InChI is InChI=1S/C17H24N2O3/c1-13(14-7-3-2-4-8-14)18-16(21)17(22)19-11-6-5-9-15(19)10-12-20/h2-4,7-8,13,15,20H,5-6,9-12H2,1H3,(H,18,21). The summed E-state index contributed by atoms with van der Waals surface area (Å²) >= 11 is 0. The third-order valence-electron chi connectivity index (χ3n) is 4.19. The van der Waals surface area contributed by atoms with Crippen molar-refractivity contribution < 1.29 is 14.7 Å². The first-order chi connectivity index (χ1) is 10.6. The summed E-state index contributed by atoms with van der Waals surface area (Å²) < 4.78 is 0. The fourth-order valence-electron chi connectivity index (χ4n) is 2.93. The lowest BCUT2D eigenvalue weighted by Crippen LogP contribution is -2.50. The molecule has 2 unspecified atom stereocenters. The summed E-state index contributed by atoms with van der Waals surface area (Å²) in [6.07, 6.45) is 3.34. The van der Waals surface area contributed by atoms with Crippen LogP contribution in [-0.4, -0.2) is 41.0 Å².